The number of rotatable bonds is 5. The average molecular weight is 371 g/mol. The van der Waals surface area contributed by atoms with Gasteiger partial charge in [0.15, 0.2) is 6.61 Å². The molecule has 134 valence electrons. The number of carbonyl (C=O) groups is 4. The third kappa shape index (κ3) is 3.06. The van der Waals surface area contributed by atoms with Crippen LogP contribution in [0.4, 0.5) is 0 Å². The van der Waals surface area contributed by atoms with E-state index in [2.05, 4.69) is 0 Å². The molecule has 2 aromatic rings. The first-order chi connectivity index (χ1) is 12.3. The maximum atomic E-state index is 12.4. The van der Waals surface area contributed by atoms with Crippen LogP contribution in [0.2, 0.25) is 0 Å². The number of esters is 1. The van der Waals surface area contributed by atoms with E-state index in [1.54, 1.807) is 30.3 Å². The highest BCUT2D eigenvalue weighted by Gasteiger charge is 2.41. The number of ketones is 1. The Morgan fingerprint density at radius 2 is 1.69 bits per heavy atom. The molecule has 26 heavy (non-hydrogen) atoms. The Hall–Kier alpha value is -2.80. The third-order valence-corrected chi connectivity index (χ3v) is 5.21. The van der Waals surface area contributed by atoms with Gasteiger partial charge in [-0.05, 0) is 39.0 Å². The Morgan fingerprint density at radius 3 is 2.19 bits per heavy atom. The van der Waals surface area contributed by atoms with Crippen molar-refractivity contribution in [3.8, 4) is 0 Å². The van der Waals surface area contributed by atoms with E-state index in [4.69, 9.17) is 4.74 Å². The highest BCUT2D eigenvalue weighted by Crippen LogP contribution is 2.25. The summed E-state index contributed by atoms with van der Waals surface area (Å²) in [6, 6.07) is 7.03. The summed E-state index contributed by atoms with van der Waals surface area (Å²) in [6.45, 7) is 4.71. The molecule has 7 heteroatoms. The van der Waals surface area contributed by atoms with Gasteiger partial charge in [0.05, 0.1) is 11.1 Å². The van der Waals surface area contributed by atoms with Crippen molar-refractivity contribution < 1.29 is 23.9 Å². The summed E-state index contributed by atoms with van der Waals surface area (Å²) in [6.07, 6.45) is 0. The normalized spacial score (nSPS) is 14.3. The first-order valence-corrected chi connectivity index (χ1v) is 8.86. The number of benzene rings is 1. The second kappa shape index (κ2) is 6.84. The lowest BCUT2D eigenvalue weighted by molar-refractivity contribution is -0.146. The van der Waals surface area contributed by atoms with Crippen LogP contribution in [0.1, 0.15) is 47.8 Å². The molecule has 1 aliphatic heterocycles. The number of hydrogen-bond donors (Lipinski definition) is 0. The fourth-order valence-electron chi connectivity index (χ4n) is 2.91. The highest BCUT2D eigenvalue weighted by atomic mass is 32.1. The second-order valence-corrected chi connectivity index (χ2v) is 7.52. The van der Waals surface area contributed by atoms with Crippen molar-refractivity contribution in [2.75, 3.05) is 6.61 Å². The number of Topliss-reactive ketones (excluding diaryl/α,β-unsaturated/α-hetero) is 1. The Kier molecular flexibility index (Phi) is 4.73. The maximum Gasteiger partial charge on any atom is 0.329 e. The molecule has 1 aromatic heterocycles. The molecule has 1 atom stereocenters. The SMILES string of the molecule is Cc1cc(C(=O)COC(=O)[C@H](C)N2C(=O)c3ccccc3C2=O)c(C)s1. The molecule has 2 amide bonds. The molecule has 0 fully saturated rings. The maximum absolute atomic E-state index is 12.4. The van der Waals surface area contributed by atoms with Gasteiger partial charge in [-0.2, -0.15) is 0 Å². The van der Waals surface area contributed by atoms with Gasteiger partial charge in [0.2, 0.25) is 5.78 Å². The standard InChI is InChI=1S/C19H17NO5S/c1-10-8-15(12(3)26-10)16(21)9-25-19(24)11(2)20-17(22)13-6-4-5-7-14(13)18(20)23/h4-8,11H,9H2,1-3H3/t11-/m0/s1. The zero-order valence-corrected chi connectivity index (χ0v) is 15.4. The number of aryl methyl sites for hydroxylation is 2. The van der Waals surface area contributed by atoms with Crippen LogP contribution in [-0.4, -0.2) is 41.1 Å². The van der Waals surface area contributed by atoms with Crippen LogP contribution >= 0.6 is 11.3 Å². The molecule has 0 aliphatic carbocycles. The summed E-state index contributed by atoms with van der Waals surface area (Å²) < 4.78 is 5.06. The summed E-state index contributed by atoms with van der Waals surface area (Å²) in [5.41, 5.74) is 1.05. The molecule has 0 N–H and O–H groups in total. The van der Waals surface area contributed by atoms with E-state index >= 15 is 0 Å². The summed E-state index contributed by atoms with van der Waals surface area (Å²) >= 11 is 1.49. The summed E-state index contributed by atoms with van der Waals surface area (Å²) in [5.74, 6) is -2.18. The lowest BCUT2D eigenvalue weighted by Gasteiger charge is -2.20. The van der Waals surface area contributed by atoms with Gasteiger partial charge < -0.3 is 4.74 Å². The Morgan fingerprint density at radius 1 is 1.12 bits per heavy atom. The summed E-state index contributed by atoms with van der Waals surface area (Å²) in [5, 5.41) is 0. The average Bonchev–Trinajstić information content (AvgIpc) is 3.09. The van der Waals surface area contributed by atoms with Gasteiger partial charge in [-0.15, -0.1) is 11.3 Å². The van der Waals surface area contributed by atoms with E-state index in [1.165, 1.54) is 18.3 Å². The molecular formula is C19H17NO5S. The number of thiophene rings is 1. The van der Waals surface area contributed by atoms with E-state index in [-0.39, 0.29) is 16.9 Å². The minimum Gasteiger partial charge on any atom is -0.456 e. The van der Waals surface area contributed by atoms with E-state index in [0.717, 1.165) is 14.7 Å². The number of hydrogen-bond acceptors (Lipinski definition) is 6. The van der Waals surface area contributed by atoms with Crippen molar-refractivity contribution >= 4 is 34.9 Å². The Balaban J connectivity index is 1.67. The van der Waals surface area contributed by atoms with Crippen LogP contribution in [0.15, 0.2) is 30.3 Å². The van der Waals surface area contributed by atoms with Gasteiger partial charge in [0.1, 0.15) is 6.04 Å². The first-order valence-electron chi connectivity index (χ1n) is 8.05. The van der Waals surface area contributed by atoms with Gasteiger partial charge in [0, 0.05) is 15.3 Å². The Bertz CT molecular complexity index is 895. The van der Waals surface area contributed by atoms with Crippen LogP contribution < -0.4 is 0 Å². The number of carbonyl (C=O) groups excluding carboxylic acids is 4. The van der Waals surface area contributed by atoms with E-state index in [1.807, 2.05) is 13.8 Å². The molecule has 0 radical (unpaired) electrons. The van der Waals surface area contributed by atoms with Gasteiger partial charge in [-0.25, -0.2) is 4.79 Å². The van der Waals surface area contributed by atoms with E-state index in [0.29, 0.717) is 5.56 Å². The lowest BCUT2D eigenvalue weighted by Crippen LogP contribution is -2.44. The number of amides is 2. The number of nitrogens with zero attached hydrogens (tertiary/aromatic N) is 1. The zero-order valence-electron chi connectivity index (χ0n) is 14.6. The van der Waals surface area contributed by atoms with Crippen molar-refractivity contribution in [1.29, 1.82) is 0 Å². The van der Waals surface area contributed by atoms with Crippen molar-refractivity contribution in [2.24, 2.45) is 0 Å². The van der Waals surface area contributed by atoms with Gasteiger partial charge >= 0.3 is 5.97 Å². The third-order valence-electron chi connectivity index (χ3n) is 4.24. The number of fused-ring (bicyclic) bond motifs is 1. The monoisotopic (exact) mass is 371 g/mol. The van der Waals surface area contributed by atoms with E-state index in [9.17, 15) is 19.2 Å². The van der Waals surface area contributed by atoms with Crippen LogP contribution in [0.5, 0.6) is 0 Å². The molecule has 0 saturated heterocycles. The molecular weight excluding hydrogens is 354 g/mol. The molecule has 3 rings (SSSR count). The predicted octanol–water partition coefficient (Wildman–Crippen LogP) is 2.78. The molecule has 0 bridgehead atoms. The second-order valence-electron chi connectivity index (χ2n) is 6.06. The topological polar surface area (TPSA) is 80.8 Å². The first kappa shape index (κ1) is 18.0. The van der Waals surface area contributed by atoms with Gasteiger partial charge in [0.25, 0.3) is 11.8 Å². The molecule has 0 spiro atoms. The fraction of sp³-hybridized carbons (Fsp3) is 0.263. The molecule has 1 aliphatic rings. The minimum absolute atomic E-state index is 0.262. The van der Waals surface area contributed by atoms with Crippen LogP contribution in [0.25, 0.3) is 0 Å². The quantitative estimate of drug-likeness (QED) is 0.459. The molecule has 2 heterocycles. The minimum atomic E-state index is -1.11. The van der Waals surface area contributed by atoms with Crippen molar-refractivity contribution in [3.63, 3.8) is 0 Å². The van der Waals surface area contributed by atoms with Crippen molar-refractivity contribution in [3.05, 3.63) is 56.8 Å². The predicted molar refractivity (Wildman–Crippen MR) is 95.5 cm³/mol. The highest BCUT2D eigenvalue weighted by molar-refractivity contribution is 7.12. The molecule has 1 aromatic carbocycles. The zero-order chi connectivity index (χ0) is 19.0. The van der Waals surface area contributed by atoms with Gasteiger partial charge in [-0.3, -0.25) is 19.3 Å². The number of ether oxygens (including phenoxy) is 1. The molecule has 0 saturated carbocycles. The molecule has 6 nitrogen and oxygen atoms in total. The smallest absolute Gasteiger partial charge is 0.329 e. The summed E-state index contributed by atoms with van der Waals surface area (Å²) in [7, 11) is 0. The largest absolute Gasteiger partial charge is 0.456 e. The van der Waals surface area contributed by atoms with Crippen LogP contribution in [0.3, 0.4) is 0 Å². The lowest BCUT2D eigenvalue weighted by atomic mass is 10.1. The Labute approximate surface area is 154 Å². The van der Waals surface area contributed by atoms with E-state index < -0.39 is 30.4 Å². The number of imide groups is 1. The van der Waals surface area contributed by atoms with Gasteiger partial charge in [-0.1, -0.05) is 12.1 Å². The van der Waals surface area contributed by atoms with Crippen LogP contribution in [-0.2, 0) is 9.53 Å². The van der Waals surface area contributed by atoms with Crippen molar-refractivity contribution in [1.82, 2.24) is 4.90 Å². The van der Waals surface area contributed by atoms with Crippen molar-refractivity contribution in [2.45, 2.75) is 26.8 Å². The fourth-order valence-corrected chi connectivity index (χ4v) is 3.85. The molecule has 0 unspecified atom stereocenters. The summed E-state index contributed by atoms with van der Waals surface area (Å²) in [4.78, 5) is 52.0. The van der Waals surface area contributed by atoms with Crippen LogP contribution in [0, 0.1) is 13.8 Å².